The number of carbonyl (C=O) groups excluding carboxylic acids is 1. The zero-order valence-electron chi connectivity index (χ0n) is 14.8. The Labute approximate surface area is 153 Å². The Morgan fingerprint density at radius 3 is 2.62 bits per heavy atom. The molecule has 26 heavy (non-hydrogen) atoms. The fraction of sp³-hybridized carbons (Fsp3) is 0.238. The standard InChI is InChI=1S/C21H22N2O3/c1-23(15-24)12-6-2-3-7-13-26-16-10-11-18-17-8-4-5-9-19(17)21(22-25)20(18)14-16/h3-5,7-11,14-15,25H,2,6,12-13H2,1H3/b7-3+,22-21+. The van der Waals surface area contributed by atoms with Gasteiger partial charge >= 0.3 is 0 Å². The number of nitrogens with zero attached hydrogens (tertiary/aromatic N) is 2. The highest BCUT2D eigenvalue weighted by atomic mass is 16.5. The van der Waals surface area contributed by atoms with Crippen LogP contribution in [0.3, 0.4) is 0 Å². The molecule has 1 aliphatic rings. The van der Waals surface area contributed by atoms with Crippen LogP contribution in [0.1, 0.15) is 24.0 Å². The van der Waals surface area contributed by atoms with Gasteiger partial charge in [0.2, 0.25) is 6.41 Å². The molecule has 3 rings (SSSR count). The van der Waals surface area contributed by atoms with Crippen LogP contribution in [0.2, 0.25) is 0 Å². The van der Waals surface area contributed by atoms with Gasteiger partial charge in [0.1, 0.15) is 18.1 Å². The number of rotatable bonds is 8. The molecule has 0 unspecified atom stereocenters. The quantitative estimate of drug-likeness (QED) is 0.222. The number of benzene rings is 2. The second kappa shape index (κ2) is 8.34. The number of unbranched alkanes of at least 4 members (excludes halogenated alkanes) is 1. The topological polar surface area (TPSA) is 62.1 Å². The van der Waals surface area contributed by atoms with E-state index in [1.165, 1.54) is 0 Å². The van der Waals surface area contributed by atoms with Crippen molar-refractivity contribution >= 4 is 12.1 Å². The van der Waals surface area contributed by atoms with Gasteiger partial charge in [0.25, 0.3) is 0 Å². The Balaban J connectivity index is 1.59. The molecule has 5 nitrogen and oxygen atoms in total. The number of allylic oxidation sites excluding steroid dienone is 1. The first-order chi connectivity index (χ1) is 12.7. The molecular formula is C21H22N2O3. The smallest absolute Gasteiger partial charge is 0.209 e. The van der Waals surface area contributed by atoms with Gasteiger partial charge in [-0.1, -0.05) is 41.6 Å². The number of hydrogen-bond donors (Lipinski definition) is 1. The van der Waals surface area contributed by atoms with Gasteiger partial charge in [0.15, 0.2) is 0 Å². The molecule has 0 aromatic heterocycles. The summed E-state index contributed by atoms with van der Waals surface area (Å²) in [5, 5.41) is 12.9. The van der Waals surface area contributed by atoms with E-state index in [0.29, 0.717) is 12.3 Å². The minimum atomic E-state index is 0.473. The molecular weight excluding hydrogens is 328 g/mol. The monoisotopic (exact) mass is 350 g/mol. The molecule has 134 valence electrons. The third-order valence-corrected chi connectivity index (χ3v) is 4.39. The number of hydrogen-bond acceptors (Lipinski definition) is 4. The van der Waals surface area contributed by atoms with Crippen molar-refractivity contribution < 1.29 is 14.7 Å². The van der Waals surface area contributed by atoms with Crippen LogP contribution >= 0.6 is 0 Å². The molecule has 0 heterocycles. The van der Waals surface area contributed by atoms with Gasteiger partial charge in [-0.05, 0) is 42.2 Å². The van der Waals surface area contributed by atoms with E-state index in [4.69, 9.17) is 4.74 Å². The summed E-state index contributed by atoms with van der Waals surface area (Å²) in [4.78, 5) is 12.1. The Bertz CT molecular complexity index is 843. The molecule has 0 spiro atoms. The normalized spacial score (nSPS) is 13.7. The lowest BCUT2D eigenvalue weighted by atomic mass is 10.1. The van der Waals surface area contributed by atoms with Crippen LogP contribution in [-0.2, 0) is 4.79 Å². The summed E-state index contributed by atoms with van der Waals surface area (Å²) in [6, 6.07) is 13.7. The van der Waals surface area contributed by atoms with Crippen molar-refractivity contribution in [3.05, 3.63) is 65.7 Å². The van der Waals surface area contributed by atoms with E-state index < -0.39 is 0 Å². The molecule has 2 aromatic rings. The highest BCUT2D eigenvalue weighted by molar-refractivity contribution is 6.24. The van der Waals surface area contributed by atoms with Gasteiger partial charge in [-0.3, -0.25) is 4.79 Å². The first-order valence-corrected chi connectivity index (χ1v) is 8.64. The lowest BCUT2D eigenvalue weighted by Crippen LogP contribution is -2.16. The summed E-state index contributed by atoms with van der Waals surface area (Å²) in [7, 11) is 1.77. The van der Waals surface area contributed by atoms with Crippen LogP contribution in [0, 0.1) is 0 Å². The van der Waals surface area contributed by atoms with Gasteiger partial charge < -0.3 is 14.8 Å². The summed E-state index contributed by atoms with van der Waals surface area (Å²) in [5.74, 6) is 0.739. The van der Waals surface area contributed by atoms with E-state index in [2.05, 4.69) is 11.2 Å². The Morgan fingerprint density at radius 2 is 1.85 bits per heavy atom. The minimum Gasteiger partial charge on any atom is -0.490 e. The molecule has 1 amide bonds. The van der Waals surface area contributed by atoms with Crippen molar-refractivity contribution in [2.45, 2.75) is 12.8 Å². The summed E-state index contributed by atoms with van der Waals surface area (Å²) in [6.07, 6.45) is 6.71. The third-order valence-electron chi connectivity index (χ3n) is 4.39. The molecule has 0 bridgehead atoms. The molecule has 0 atom stereocenters. The number of amides is 1. The molecule has 0 fully saturated rings. The first kappa shape index (κ1) is 17.7. The molecule has 0 saturated carbocycles. The fourth-order valence-electron chi connectivity index (χ4n) is 3.06. The number of oxime groups is 1. The van der Waals surface area contributed by atoms with Crippen molar-refractivity contribution in [2.75, 3.05) is 20.2 Å². The van der Waals surface area contributed by atoms with E-state index in [0.717, 1.165) is 53.8 Å². The van der Waals surface area contributed by atoms with Crippen LogP contribution in [0.15, 0.2) is 59.8 Å². The predicted octanol–water partition coefficient (Wildman–Crippen LogP) is 3.70. The summed E-state index contributed by atoms with van der Waals surface area (Å²) < 4.78 is 5.78. The fourth-order valence-corrected chi connectivity index (χ4v) is 3.06. The van der Waals surface area contributed by atoms with Gasteiger partial charge in [0.05, 0.1) is 0 Å². The van der Waals surface area contributed by atoms with Crippen LogP contribution in [0.5, 0.6) is 5.75 Å². The molecule has 0 radical (unpaired) electrons. The summed E-state index contributed by atoms with van der Waals surface area (Å²) >= 11 is 0. The second-order valence-corrected chi connectivity index (χ2v) is 6.21. The molecule has 1 aliphatic carbocycles. The average molecular weight is 350 g/mol. The first-order valence-electron chi connectivity index (χ1n) is 8.64. The van der Waals surface area contributed by atoms with Crippen molar-refractivity contribution in [1.29, 1.82) is 0 Å². The molecule has 1 N–H and O–H groups in total. The van der Waals surface area contributed by atoms with Crippen LogP contribution in [-0.4, -0.2) is 42.4 Å². The molecule has 0 aliphatic heterocycles. The number of fused-ring (bicyclic) bond motifs is 3. The maximum absolute atomic E-state index is 10.5. The van der Waals surface area contributed by atoms with Crippen molar-refractivity contribution in [2.24, 2.45) is 5.16 Å². The third kappa shape index (κ3) is 3.77. The van der Waals surface area contributed by atoms with E-state index in [1.54, 1.807) is 11.9 Å². The van der Waals surface area contributed by atoms with Gasteiger partial charge in [-0.2, -0.15) is 0 Å². The van der Waals surface area contributed by atoms with Crippen molar-refractivity contribution in [1.82, 2.24) is 4.90 Å². The highest BCUT2D eigenvalue weighted by Gasteiger charge is 2.25. The molecule has 2 aromatic carbocycles. The van der Waals surface area contributed by atoms with E-state index in [-0.39, 0.29) is 0 Å². The summed E-state index contributed by atoms with van der Waals surface area (Å²) in [6.45, 7) is 1.23. The largest absolute Gasteiger partial charge is 0.490 e. The lowest BCUT2D eigenvalue weighted by Gasteiger charge is -2.08. The minimum absolute atomic E-state index is 0.473. The Hall–Kier alpha value is -3.08. The van der Waals surface area contributed by atoms with Gasteiger partial charge in [0, 0.05) is 24.7 Å². The zero-order valence-corrected chi connectivity index (χ0v) is 14.8. The lowest BCUT2D eigenvalue weighted by molar-refractivity contribution is -0.117. The van der Waals surface area contributed by atoms with Gasteiger partial charge in [-0.15, -0.1) is 0 Å². The van der Waals surface area contributed by atoms with E-state index >= 15 is 0 Å². The van der Waals surface area contributed by atoms with Gasteiger partial charge in [-0.25, -0.2) is 0 Å². The van der Waals surface area contributed by atoms with Crippen LogP contribution in [0.4, 0.5) is 0 Å². The maximum atomic E-state index is 10.5. The SMILES string of the molecule is CN(C=O)CCC/C=C/COc1ccc2c(c1)/C(=N/O)c1ccccc1-2. The second-order valence-electron chi connectivity index (χ2n) is 6.21. The summed E-state index contributed by atoms with van der Waals surface area (Å²) in [5.41, 5.74) is 4.52. The molecule has 5 heteroatoms. The van der Waals surface area contributed by atoms with Crippen molar-refractivity contribution in [3.63, 3.8) is 0 Å². The van der Waals surface area contributed by atoms with Crippen molar-refractivity contribution in [3.8, 4) is 16.9 Å². The Kier molecular flexibility index (Phi) is 5.69. The van der Waals surface area contributed by atoms with E-state index in [1.807, 2.05) is 48.5 Å². The average Bonchev–Trinajstić information content (AvgIpc) is 2.99. The number of carbonyl (C=O) groups is 1. The maximum Gasteiger partial charge on any atom is 0.209 e. The van der Waals surface area contributed by atoms with Crippen LogP contribution < -0.4 is 4.74 Å². The predicted molar refractivity (Wildman–Crippen MR) is 102 cm³/mol. The van der Waals surface area contributed by atoms with Crippen LogP contribution in [0.25, 0.3) is 11.1 Å². The van der Waals surface area contributed by atoms with E-state index in [9.17, 15) is 10.0 Å². The zero-order chi connectivity index (χ0) is 18.4. The molecule has 0 saturated heterocycles. The Morgan fingerprint density at radius 1 is 1.08 bits per heavy atom. The highest BCUT2D eigenvalue weighted by Crippen LogP contribution is 2.38. The number of ether oxygens (including phenoxy) is 1.